The summed E-state index contributed by atoms with van der Waals surface area (Å²) in [6.45, 7) is 0.374. The SMILES string of the molecule is NNc1sc(S(=O)(=O)NCC2CCCC2)cc1[N+](=O)[O-]. The molecule has 0 saturated heterocycles. The van der Waals surface area contributed by atoms with E-state index in [0.717, 1.165) is 43.1 Å². The van der Waals surface area contributed by atoms with Gasteiger partial charge in [0.15, 0.2) is 5.00 Å². The molecule has 0 aromatic carbocycles. The van der Waals surface area contributed by atoms with Gasteiger partial charge in [-0.05, 0) is 18.8 Å². The van der Waals surface area contributed by atoms with E-state index < -0.39 is 14.9 Å². The van der Waals surface area contributed by atoms with E-state index in [4.69, 9.17) is 5.84 Å². The van der Waals surface area contributed by atoms with Crippen molar-refractivity contribution < 1.29 is 13.3 Å². The molecule has 2 rings (SSSR count). The van der Waals surface area contributed by atoms with Gasteiger partial charge in [-0.15, -0.1) is 0 Å². The fourth-order valence-electron chi connectivity index (χ4n) is 2.24. The Morgan fingerprint density at radius 2 is 2.10 bits per heavy atom. The van der Waals surface area contributed by atoms with Gasteiger partial charge in [0, 0.05) is 12.6 Å². The molecule has 1 aromatic heterocycles. The zero-order chi connectivity index (χ0) is 14.8. The number of nitrogens with two attached hydrogens (primary N) is 1. The molecule has 8 nitrogen and oxygen atoms in total. The molecular weight excluding hydrogens is 304 g/mol. The molecule has 10 heteroatoms. The zero-order valence-corrected chi connectivity index (χ0v) is 12.3. The molecule has 0 spiro atoms. The van der Waals surface area contributed by atoms with Crippen LogP contribution < -0.4 is 16.0 Å². The molecule has 0 radical (unpaired) electrons. The molecule has 4 N–H and O–H groups in total. The fraction of sp³-hybridized carbons (Fsp3) is 0.600. The van der Waals surface area contributed by atoms with Crippen LogP contribution in [-0.4, -0.2) is 19.9 Å². The summed E-state index contributed by atoms with van der Waals surface area (Å²) in [5, 5.41) is 10.8. The quantitative estimate of drug-likeness (QED) is 0.413. The maximum Gasteiger partial charge on any atom is 0.306 e. The Morgan fingerprint density at radius 1 is 1.45 bits per heavy atom. The van der Waals surface area contributed by atoms with Gasteiger partial charge in [-0.1, -0.05) is 24.2 Å². The van der Waals surface area contributed by atoms with E-state index in [2.05, 4.69) is 10.1 Å². The van der Waals surface area contributed by atoms with Gasteiger partial charge < -0.3 is 5.43 Å². The highest BCUT2D eigenvalue weighted by atomic mass is 32.2. The molecule has 0 amide bonds. The van der Waals surface area contributed by atoms with E-state index in [1.165, 1.54) is 0 Å². The second-order valence-electron chi connectivity index (χ2n) is 4.68. The summed E-state index contributed by atoms with van der Waals surface area (Å²) in [7, 11) is -3.72. The van der Waals surface area contributed by atoms with Gasteiger partial charge in [0.25, 0.3) is 0 Å². The molecule has 1 fully saturated rings. The first-order valence-electron chi connectivity index (χ1n) is 6.18. The van der Waals surface area contributed by atoms with Gasteiger partial charge in [-0.25, -0.2) is 19.0 Å². The summed E-state index contributed by atoms with van der Waals surface area (Å²) in [4.78, 5) is 10.1. The van der Waals surface area contributed by atoms with Crippen LogP contribution in [0.2, 0.25) is 0 Å². The van der Waals surface area contributed by atoms with Crippen molar-refractivity contribution in [1.29, 1.82) is 0 Å². The van der Waals surface area contributed by atoms with Gasteiger partial charge in [-0.2, -0.15) is 0 Å². The smallest absolute Gasteiger partial charge is 0.306 e. The van der Waals surface area contributed by atoms with E-state index in [1.807, 2.05) is 0 Å². The van der Waals surface area contributed by atoms with Crippen molar-refractivity contribution in [2.24, 2.45) is 11.8 Å². The number of anilines is 1. The van der Waals surface area contributed by atoms with Crippen molar-refractivity contribution >= 4 is 32.0 Å². The first-order valence-corrected chi connectivity index (χ1v) is 8.48. The van der Waals surface area contributed by atoms with Gasteiger partial charge in [0.1, 0.15) is 4.21 Å². The van der Waals surface area contributed by atoms with Crippen LogP contribution in [0.25, 0.3) is 0 Å². The molecule has 1 heterocycles. The van der Waals surface area contributed by atoms with E-state index >= 15 is 0 Å². The first kappa shape index (κ1) is 15.2. The van der Waals surface area contributed by atoms with Crippen molar-refractivity contribution in [1.82, 2.24) is 4.72 Å². The molecular formula is C10H16N4O4S2. The van der Waals surface area contributed by atoms with Crippen molar-refractivity contribution in [2.75, 3.05) is 12.0 Å². The largest absolute Gasteiger partial charge is 0.310 e. The first-order chi connectivity index (χ1) is 9.44. The molecule has 0 aliphatic heterocycles. The Labute approximate surface area is 120 Å². The lowest BCUT2D eigenvalue weighted by Crippen LogP contribution is -2.27. The highest BCUT2D eigenvalue weighted by Crippen LogP contribution is 2.36. The second-order valence-corrected chi connectivity index (χ2v) is 7.73. The second kappa shape index (κ2) is 6.04. The van der Waals surface area contributed by atoms with Crippen LogP contribution in [-0.2, 0) is 10.0 Å². The molecule has 0 atom stereocenters. The lowest BCUT2D eigenvalue weighted by atomic mass is 10.1. The van der Waals surface area contributed by atoms with Crippen LogP contribution in [0.1, 0.15) is 25.7 Å². The van der Waals surface area contributed by atoms with E-state index in [0.29, 0.717) is 12.5 Å². The van der Waals surface area contributed by atoms with Crippen LogP contribution in [0.15, 0.2) is 10.3 Å². The number of sulfonamides is 1. The summed E-state index contributed by atoms with van der Waals surface area (Å²) < 4.78 is 26.6. The monoisotopic (exact) mass is 320 g/mol. The average molecular weight is 320 g/mol. The third-order valence-electron chi connectivity index (χ3n) is 3.32. The number of thiophene rings is 1. The molecule has 1 aliphatic carbocycles. The average Bonchev–Trinajstić information content (AvgIpc) is 3.05. The van der Waals surface area contributed by atoms with Crippen molar-refractivity contribution in [2.45, 2.75) is 29.9 Å². The minimum atomic E-state index is -3.72. The summed E-state index contributed by atoms with van der Waals surface area (Å²) >= 11 is 0.749. The maximum absolute atomic E-state index is 12.1. The molecule has 1 saturated carbocycles. The third kappa shape index (κ3) is 3.26. The normalized spacial score (nSPS) is 16.4. The lowest BCUT2D eigenvalue weighted by Gasteiger charge is -2.09. The number of rotatable bonds is 6. The third-order valence-corrected chi connectivity index (χ3v) is 6.27. The molecule has 0 bridgehead atoms. The molecule has 20 heavy (non-hydrogen) atoms. The Balaban J connectivity index is 2.14. The fourth-order valence-corrected chi connectivity index (χ4v) is 4.64. The van der Waals surface area contributed by atoms with Crippen LogP contribution >= 0.6 is 11.3 Å². The van der Waals surface area contributed by atoms with Crippen LogP contribution in [0.5, 0.6) is 0 Å². The van der Waals surface area contributed by atoms with Crippen molar-refractivity contribution in [3.63, 3.8) is 0 Å². The minimum Gasteiger partial charge on any atom is -0.310 e. The number of hydrazine groups is 1. The van der Waals surface area contributed by atoms with Gasteiger partial charge in [0.2, 0.25) is 10.0 Å². The molecule has 112 valence electrons. The highest BCUT2D eigenvalue weighted by molar-refractivity contribution is 7.91. The predicted octanol–water partition coefficient (Wildman–Crippen LogP) is 1.41. The van der Waals surface area contributed by atoms with Crippen LogP contribution in [0, 0.1) is 16.0 Å². The van der Waals surface area contributed by atoms with Gasteiger partial charge >= 0.3 is 5.69 Å². The maximum atomic E-state index is 12.1. The number of nitrogen functional groups attached to an aromatic ring is 1. The summed E-state index contributed by atoms with van der Waals surface area (Å²) in [5.74, 6) is 5.51. The number of nitrogens with zero attached hydrogens (tertiary/aromatic N) is 1. The number of hydrogen-bond donors (Lipinski definition) is 3. The Bertz CT molecular complexity index is 592. The lowest BCUT2D eigenvalue weighted by molar-refractivity contribution is -0.383. The molecule has 1 aliphatic rings. The summed E-state index contributed by atoms with van der Waals surface area (Å²) in [6, 6.07) is 1.02. The van der Waals surface area contributed by atoms with Crippen LogP contribution in [0.3, 0.4) is 0 Å². The standard InChI is InChI=1S/C10H16N4O4S2/c11-13-10-8(14(15)16)5-9(19-10)20(17,18)12-6-7-3-1-2-4-7/h5,7,12-13H,1-4,6,11H2. The Morgan fingerprint density at radius 3 is 2.60 bits per heavy atom. The highest BCUT2D eigenvalue weighted by Gasteiger charge is 2.26. The summed E-state index contributed by atoms with van der Waals surface area (Å²) in [5.41, 5.74) is 1.82. The van der Waals surface area contributed by atoms with Crippen molar-refractivity contribution in [3.05, 3.63) is 16.2 Å². The van der Waals surface area contributed by atoms with E-state index in [-0.39, 0.29) is 14.9 Å². The summed E-state index contributed by atoms with van der Waals surface area (Å²) in [6.07, 6.45) is 4.28. The van der Waals surface area contributed by atoms with E-state index in [9.17, 15) is 18.5 Å². The van der Waals surface area contributed by atoms with Crippen molar-refractivity contribution in [3.8, 4) is 0 Å². The topological polar surface area (TPSA) is 127 Å². The molecule has 1 aromatic rings. The van der Waals surface area contributed by atoms with Gasteiger partial charge in [-0.3, -0.25) is 10.1 Å². The van der Waals surface area contributed by atoms with Gasteiger partial charge in [0.05, 0.1) is 4.92 Å². The number of hydrogen-bond acceptors (Lipinski definition) is 7. The molecule has 0 unspecified atom stereocenters. The number of nitrogens with one attached hydrogen (secondary N) is 2. The van der Waals surface area contributed by atoms with Crippen LogP contribution in [0.4, 0.5) is 10.7 Å². The zero-order valence-electron chi connectivity index (χ0n) is 10.7. The Hall–Kier alpha value is -1.23. The minimum absolute atomic E-state index is 0.0243. The number of nitro groups is 1. The Kier molecular flexibility index (Phi) is 4.58. The van der Waals surface area contributed by atoms with E-state index in [1.54, 1.807) is 0 Å². The predicted molar refractivity (Wildman–Crippen MR) is 75.9 cm³/mol.